The Bertz CT molecular complexity index is 1120. The van der Waals surface area contributed by atoms with Gasteiger partial charge in [-0.15, -0.1) is 11.3 Å². The molecule has 140 valence electrons. The molecule has 0 aliphatic heterocycles. The second-order valence-electron chi connectivity index (χ2n) is 5.55. The van der Waals surface area contributed by atoms with E-state index in [0.717, 1.165) is 11.3 Å². The van der Waals surface area contributed by atoms with E-state index in [1.165, 1.54) is 23.6 Å². The summed E-state index contributed by atoms with van der Waals surface area (Å²) in [4.78, 5) is 29.0. The minimum absolute atomic E-state index is 0.191. The van der Waals surface area contributed by atoms with E-state index in [1.54, 1.807) is 42.5 Å². The SMILES string of the molecule is O=C(Nc1ccc(C(=O)Nc2cc(Cl)ccc2-n2cncn2)s1)c1ccco1. The molecule has 0 aliphatic carbocycles. The number of aromatic nitrogens is 3. The van der Waals surface area contributed by atoms with Crippen LogP contribution in [0.4, 0.5) is 10.7 Å². The van der Waals surface area contributed by atoms with Crippen LogP contribution in [0, 0.1) is 0 Å². The number of carbonyl (C=O) groups is 2. The van der Waals surface area contributed by atoms with Gasteiger partial charge in [-0.3, -0.25) is 9.59 Å². The van der Waals surface area contributed by atoms with Gasteiger partial charge in [-0.05, 0) is 42.5 Å². The minimum Gasteiger partial charge on any atom is -0.459 e. The van der Waals surface area contributed by atoms with Gasteiger partial charge in [0.15, 0.2) is 5.76 Å². The second kappa shape index (κ2) is 7.67. The number of benzene rings is 1. The highest BCUT2D eigenvalue weighted by atomic mass is 35.5. The topological polar surface area (TPSA) is 102 Å². The number of nitrogens with one attached hydrogen (secondary N) is 2. The van der Waals surface area contributed by atoms with E-state index in [0.29, 0.717) is 26.3 Å². The normalized spacial score (nSPS) is 10.6. The predicted octanol–water partition coefficient (Wildman–Crippen LogP) is 4.08. The van der Waals surface area contributed by atoms with E-state index in [1.807, 2.05) is 0 Å². The van der Waals surface area contributed by atoms with Gasteiger partial charge in [0, 0.05) is 5.02 Å². The molecule has 0 saturated carbocycles. The lowest BCUT2D eigenvalue weighted by Crippen LogP contribution is -2.13. The fraction of sp³-hybridized carbons (Fsp3) is 0. The molecular formula is C18H12ClN5O3S. The maximum Gasteiger partial charge on any atom is 0.291 e. The Balaban J connectivity index is 1.51. The molecule has 0 spiro atoms. The largest absolute Gasteiger partial charge is 0.459 e. The number of nitrogens with zero attached hydrogens (tertiary/aromatic N) is 3. The Morgan fingerprint density at radius 1 is 1.11 bits per heavy atom. The van der Waals surface area contributed by atoms with Crippen LogP contribution in [0.25, 0.3) is 5.69 Å². The molecule has 4 rings (SSSR count). The number of carbonyl (C=O) groups excluding carboxylic acids is 2. The molecular weight excluding hydrogens is 402 g/mol. The van der Waals surface area contributed by atoms with Crippen LogP contribution in [0.5, 0.6) is 0 Å². The zero-order chi connectivity index (χ0) is 19.5. The van der Waals surface area contributed by atoms with Gasteiger partial charge in [0.1, 0.15) is 12.7 Å². The first-order valence-electron chi connectivity index (χ1n) is 8.01. The second-order valence-corrected chi connectivity index (χ2v) is 7.07. The van der Waals surface area contributed by atoms with Crippen LogP contribution in [0.2, 0.25) is 5.02 Å². The van der Waals surface area contributed by atoms with Crippen LogP contribution >= 0.6 is 22.9 Å². The first-order valence-corrected chi connectivity index (χ1v) is 9.20. The van der Waals surface area contributed by atoms with Crippen molar-refractivity contribution < 1.29 is 14.0 Å². The summed E-state index contributed by atoms with van der Waals surface area (Å²) in [6.45, 7) is 0. The molecule has 0 bridgehead atoms. The van der Waals surface area contributed by atoms with E-state index >= 15 is 0 Å². The van der Waals surface area contributed by atoms with Gasteiger partial charge >= 0.3 is 0 Å². The Kier molecular flexibility index (Phi) is 4.92. The highest BCUT2D eigenvalue weighted by Crippen LogP contribution is 2.27. The zero-order valence-corrected chi connectivity index (χ0v) is 15.7. The van der Waals surface area contributed by atoms with Crippen molar-refractivity contribution in [2.75, 3.05) is 10.6 Å². The van der Waals surface area contributed by atoms with Crippen LogP contribution in [-0.2, 0) is 0 Å². The standard InChI is InChI=1S/C18H12ClN5O3S/c19-11-3-4-13(24-10-20-9-21-24)12(8-11)22-18(26)15-5-6-16(28-15)23-17(25)14-2-1-7-27-14/h1-10H,(H,22,26)(H,23,25). The first-order chi connectivity index (χ1) is 13.6. The molecule has 2 N–H and O–H groups in total. The number of furan rings is 1. The van der Waals surface area contributed by atoms with Gasteiger partial charge in [0.2, 0.25) is 0 Å². The quantitative estimate of drug-likeness (QED) is 0.513. The molecule has 10 heteroatoms. The third-order valence-corrected chi connectivity index (χ3v) is 4.92. The fourth-order valence-electron chi connectivity index (χ4n) is 2.43. The lowest BCUT2D eigenvalue weighted by Gasteiger charge is -2.10. The first kappa shape index (κ1) is 18.0. The molecule has 3 aromatic heterocycles. The van der Waals surface area contributed by atoms with Crippen molar-refractivity contribution in [2.24, 2.45) is 0 Å². The number of anilines is 2. The Hall–Kier alpha value is -3.43. The molecule has 2 amide bonds. The fourth-order valence-corrected chi connectivity index (χ4v) is 3.40. The molecule has 0 fully saturated rings. The molecule has 0 radical (unpaired) electrons. The highest BCUT2D eigenvalue weighted by molar-refractivity contribution is 7.18. The summed E-state index contributed by atoms with van der Waals surface area (Å²) in [7, 11) is 0. The van der Waals surface area contributed by atoms with Crippen molar-refractivity contribution in [3.8, 4) is 5.69 Å². The average Bonchev–Trinajstić information content (AvgIpc) is 3.44. The summed E-state index contributed by atoms with van der Waals surface area (Å²) in [5.74, 6) is -0.537. The monoisotopic (exact) mass is 413 g/mol. The van der Waals surface area contributed by atoms with Gasteiger partial charge in [-0.2, -0.15) is 5.10 Å². The molecule has 3 heterocycles. The van der Waals surface area contributed by atoms with Crippen molar-refractivity contribution >= 4 is 45.4 Å². The lowest BCUT2D eigenvalue weighted by atomic mass is 10.2. The Morgan fingerprint density at radius 2 is 2.00 bits per heavy atom. The summed E-state index contributed by atoms with van der Waals surface area (Å²) < 4.78 is 6.57. The third kappa shape index (κ3) is 3.80. The van der Waals surface area contributed by atoms with Gasteiger partial charge in [-0.25, -0.2) is 9.67 Å². The molecule has 8 nitrogen and oxygen atoms in total. The molecule has 1 aromatic carbocycles. The van der Waals surface area contributed by atoms with Crippen molar-refractivity contribution in [1.82, 2.24) is 14.8 Å². The molecule has 28 heavy (non-hydrogen) atoms. The van der Waals surface area contributed by atoms with Crippen molar-refractivity contribution in [3.05, 3.63) is 77.0 Å². The van der Waals surface area contributed by atoms with Gasteiger partial charge in [0.25, 0.3) is 11.8 Å². The van der Waals surface area contributed by atoms with E-state index < -0.39 is 0 Å². The van der Waals surface area contributed by atoms with Crippen LogP contribution in [0.1, 0.15) is 20.2 Å². The molecule has 4 aromatic rings. The van der Waals surface area contributed by atoms with Crippen molar-refractivity contribution in [1.29, 1.82) is 0 Å². The van der Waals surface area contributed by atoms with Gasteiger partial charge in [-0.1, -0.05) is 11.6 Å². The summed E-state index contributed by atoms with van der Waals surface area (Å²) in [5, 5.41) is 10.6. The number of thiophene rings is 1. The number of amides is 2. The number of halogens is 1. The third-order valence-electron chi connectivity index (χ3n) is 3.68. The van der Waals surface area contributed by atoms with E-state index in [4.69, 9.17) is 16.0 Å². The van der Waals surface area contributed by atoms with E-state index in [9.17, 15) is 9.59 Å². The van der Waals surface area contributed by atoms with Gasteiger partial charge < -0.3 is 15.1 Å². The summed E-state index contributed by atoms with van der Waals surface area (Å²) in [6, 6.07) is 11.5. The maximum absolute atomic E-state index is 12.7. The van der Waals surface area contributed by atoms with Crippen LogP contribution in [-0.4, -0.2) is 26.6 Å². The Morgan fingerprint density at radius 3 is 2.75 bits per heavy atom. The van der Waals surface area contributed by atoms with E-state index in [2.05, 4.69) is 20.7 Å². The zero-order valence-electron chi connectivity index (χ0n) is 14.1. The highest BCUT2D eigenvalue weighted by Gasteiger charge is 2.15. The smallest absolute Gasteiger partial charge is 0.291 e. The van der Waals surface area contributed by atoms with Crippen LogP contribution in [0.15, 0.2) is 65.8 Å². The van der Waals surface area contributed by atoms with Gasteiger partial charge in [0.05, 0.1) is 27.5 Å². The predicted molar refractivity (Wildman–Crippen MR) is 105 cm³/mol. The minimum atomic E-state index is -0.387. The van der Waals surface area contributed by atoms with Crippen LogP contribution < -0.4 is 10.6 Å². The molecule has 0 atom stereocenters. The van der Waals surface area contributed by atoms with E-state index in [-0.39, 0.29) is 17.6 Å². The Labute approximate surface area is 167 Å². The summed E-state index contributed by atoms with van der Waals surface area (Å²) in [5.41, 5.74) is 1.11. The number of hydrogen-bond donors (Lipinski definition) is 2. The molecule has 0 unspecified atom stereocenters. The molecule has 0 saturated heterocycles. The summed E-state index contributed by atoms with van der Waals surface area (Å²) in [6.07, 6.45) is 4.33. The maximum atomic E-state index is 12.7. The number of hydrogen-bond acceptors (Lipinski definition) is 6. The van der Waals surface area contributed by atoms with Crippen molar-refractivity contribution in [2.45, 2.75) is 0 Å². The summed E-state index contributed by atoms with van der Waals surface area (Å²) >= 11 is 7.21. The lowest BCUT2D eigenvalue weighted by molar-refractivity contribution is 0.0995. The number of rotatable bonds is 5. The average molecular weight is 414 g/mol. The van der Waals surface area contributed by atoms with Crippen molar-refractivity contribution in [3.63, 3.8) is 0 Å². The molecule has 0 aliphatic rings. The van der Waals surface area contributed by atoms with Crippen LogP contribution in [0.3, 0.4) is 0 Å².